The molecule has 3 aromatic rings. The smallest absolute Gasteiger partial charge is 0.358 e. The number of H-pyrrole nitrogens is 1. The first kappa shape index (κ1) is 12.2. The highest BCUT2D eigenvalue weighted by atomic mass is 16.4. The van der Waals surface area contributed by atoms with Crippen LogP contribution in [0.3, 0.4) is 0 Å². The van der Waals surface area contributed by atoms with E-state index in [0.29, 0.717) is 21.8 Å². The highest BCUT2D eigenvalue weighted by molar-refractivity contribution is 6.18. The van der Waals surface area contributed by atoms with Gasteiger partial charge in [0.2, 0.25) is 0 Å². The van der Waals surface area contributed by atoms with Crippen molar-refractivity contribution in [3.63, 3.8) is 0 Å². The lowest BCUT2D eigenvalue weighted by Crippen LogP contribution is -2.07. The van der Waals surface area contributed by atoms with Crippen molar-refractivity contribution in [1.29, 1.82) is 0 Å². The first-order chi connectivity index (χ1) is 9.50. The average Bonchev–Trinajstić information content (AvgIpc) is 2.77. The van der Waals surface area contributed by atoms with E-state index in [1.165, 1.54) is 6.92 Å². The number of nitrogens with zero attached hydrogens (tertiary/aromatic N) is 1. The lowest BCUT2D eigenvalue weighted by molar-refractivity contribution is 0.0687. The fraction of sp³-hybridized carbons (Fsp3) is 0.0714. The molecule has 0 fully saturated rings. The largest absolute Gasteiger partial charge is 0.505 e. The van der Waals surface area contributed by atoms with Crippen LogP contribution in [0.5, 0.6) is 5.75 Å². The summed E-state index contributed by atoms with van der Waals surface area (Å²) < 4.78 is 0. The number of aromatic hydroxyl groups is 1. The fourth-order valence-electron chi connectivity index (χ4n) is 2.31. The maximum absolute atomic E-state index is 11.7. The van der Waals surface area contributed by atoms with Gasteiger partial charge in [0.15, 0.2) is 17.2 Å². The molecule has 0 aliphatic heterocycles. The number of hydrogen-bond donors (Lipinski definition) is 3. The Morgan fingerprint density at radius 2 is 1.90 bits per heavy atom. The molecule has 100 valence electrons. The van der Waals surface area contributed by atoms with Crippen LogP contribution in [0.2, 0.25) is 0 Å². The predicted octanol–water partition coefficient (Wildman–Crippen LogP) is 2.32. The van der Waals surface area contributed by atoms with Gasteiger partial charge in [0, 0.05) is 17.8 Å². The number of Topliss-reactive ketones (excluding diaryl/α,β-unsaturated/α-hetero) is 1. The van der Waals surface area contributed by atoms with Crippen molar-refractivity contribution in [1.82, 2.24) is 9.97 Å². The number of carboxylic acid groups (broad SMARTS) is 1. The quantitative estimate of drug-likeness (QED) is 0.620. The Balaban J connectivity index is 2.60. The molecule has 3 rings (SSSR count). The van der Waals surface area contributed by atoms with Gasteiger partial charge in [0.1, 0.15) is 5.69 Å². The number of ketones is 1. The zero-order chi connectivity index (χ0) is 14.4. The van der Waals surface area contributed by atoms with E-state index in [1.807, 2.05) is 0 Å². The third-order valence-electron chi connectivity index (χ3n) is 3.16. The van der Waals surface area contributed by atoms with Crippen molar-refractivity contribution in [3.05, 3.63) is 35.7 Å². The first-order valence-electron chi connectivity index (χ1n) is 5.88. The molecule has 0 bridgehead atoms. The maximum atomic E-state index is 11.7. The van der Waals surface area contributed by atoms with Crippen LogP contribution >= 0.6 is 0 Å². The van der Waals surface area contributed by atoms with E-state index in [-0.39, 0.29) is 11.5 Å². The van der Waals surface area contributed by atoms with Crippen molar-refractivity contribution in [2.45, 2.75) is 6.92 Å². The summed E-state index contributed by atoms with van der Waals surface area (Å²) in [6.07, 6.45) is 0. The predicted molar refractivity (Wildman–Crippen MR) is 72.2 cm³/mol. The average molecular weight is 270 g/mol. The molecule has 0 spiro atoms. The Kier molecular flexibility index (Phi) is 2.47. The van der Waals surface area contributed by atoms with Crippen LogP contribution in [0, 0.1) is 0 Å². The van der Waals surface area contributed by atoms with Crippen LogP contribution in [0.15, 0.2) is 24.3 Å². The topological polar surface area (TPSA) is 103 Å². The van der Waals surface area contributed by atoms with Gasteiger partial charge in [0.25, 0.3) is 0 Å². The zero-order valence-electron chi connectivity index (χ0n) is 10.5. The molecule has 0 radical (unpaired) electrons. The minimum Gasteiger partial charge on any atom is -0.505 e. The van der Waals surface area contributed by atoms with Crippen LogP contribution < -0.4 is 0 Å². The lowest BCUT2D eigenvalue weighted by atomic mass is 10.1. The van der Waals surface area contributed by atoms with Gasteiger partial charge in [-0.25, -0.2) is 9.78 Å². The van der Waals surface area contributed by atoms with Crippen LogP contribution in [-0.2, 0) is 0 Å². The summed E-state index contributed by atoms with van der Waals surface area (Å²) >= 11 is 0. The highest BCUT2D eigenvalue weighted by Crippen LogP contribution is 2.35. The minimum absolute atomic E-state index is 0.00593. The van der Waals surface area contributed by atoms with Crippen molar-refractivity contribution in [2.75, 3.05) is 0 Å². The number of carboxylic acids is 1. The van der Waals surface area contributed by atoms with Gasteiger partial charge < -0.3 is 15.2 Å². The second-order valence-corrected chi connectivity index (χ2v) is 4.44. The number of carbonyl (C=O) groups is 2. The van der Waals surface area contributed by atoms with E-state index >= 15 is 0 Å². The molecule has 0 unspecified atom stereocenters. The molecule has 20 heavy (non-hydrogen) atoms. The van der Waals surface area contributed by atoms with Crippen LogP contribution in [-0.4, -0.2) is 31.9 Å². The molecular weight excluding hydrogens is 260 g/mol. The summed E-state index contributed by atoms with van der Waals surface area (Å²) in [5.41, 5.74) is 0.532. The Hall–Kier alpha value is -2.89. The normalized spacial score (nSPS) is 11.1. The minimum atomic E-state index is -1.38. The summed E-state index contributed by atoms with van der Waals surface area (Å²) in [5, 5.41) is 20.2. The third-order valence-corrected chi connectivity index (χ3v) is 3.16. The number of rotatable bonds is 2. The van der Waals surface area contributed by atoms with Crippen LogP contribution in [0.25, 0.3) is 21.8 Å². The number of nitrogens with one attached hydrogen (secondary N) is 1. The Bertz CT molecular complexity index is 880. The van der Waals surface area contributed by atoms with E-state index in [0.717, 1.165) is 0 Å². The van der Waals surface area contributed by atoms with E-state index < -0.39 is 17.4 Å². The molecule has 6 nitrogen and oxygen atoms in total. The number of aromatic nitrogens is 2. The molecule has 0 saturated carbocycles. The Morgan fingerprint density at radius 1 is 1.20 bits per heavy atom. The molecule has 1 aromatic carbocycles. The van der Waals surface area contributed by atoms with Gasteiger partial charge in [0.05, 0.1) is 10.9 Å². The van der Waals surface area contributed by atoms with E-state index in [1.54, 1.807) is 24.3 Å². The van der Waals surface area contributed by atoms with Gasteiger partial charge in [-0.2, -0.15) is 0 Å². The van der Waals surface area contributed by atoms with Crippen molar-refractivity contribution >= 4 is 33.6 Å². The van der Waals surface area contributed by atoms with Crippen LogP contribution in [0.1, 0.15) is 27.9 Å². The molecule has 3 N–H and O–H groups in total. The standard InChI is InChI=1S/C14H10N2O4/c1-6(17)10-11-9(13(18)12(16-10)14(19)20)7-4-2-3-5-8(7)15-11/h2-5,15,18H,1H3,(H,19,20). The van der Waals surface area contributed by atoms with Gasteiger partial charge in [-0.3, -0.25) is 4.79 Å². The monoisotopic (exact) mass is 270 g/mol. The summed E-state index contributed by atoms with van der Waals surface area (Å²) in [4.78, 5) is 29.6. The van der Waals surface area contributed by atoms with Gasteiger partial charge in [-0.05, 0) is 6.07 Å². The van der Waals surface area contributed by atoms with Crippen molar-refractivity contribution in [3.8, 4) is 5.75 Å². The number of fused-ring (bicyclic) bond motifs is 3. The summed E-state index contributed by atoms with van der Waals surface area (Å²) in [6, 6.07) is 7.08. The van der Waals surface area contributed by atoms with Gasteiger partial charge in [-0.1, -0.05) is 18.2 Å². The van der Waals surface area contributed by atoms with E-state index in [9.17, 15) is 14.7 Å². The molecule has 0 amide bonds. The number of carbonyl (C=O) groups excluding carboxylic acids is 1. The van der Waals surface area contributed by atoms with Crippen molar-refractivity contribution < 1.29 is 19.8 Å². The molecular formula is C14H10N2O4. The van der Waals surface area contributed by atoms with E-state index in [4.69, 9.17) is 5.11 Å². The molecule has 2 aromatic heterocycles. The van der Waals surface area contributed by atoms with Crippen molar-refractivity contribution in [2.24, 2.45) is 0 Å². The number of benzene rings is 1. The number of para-hydroxylation sites is 1. The molecule has 0 saturated heterocycles. The Morgan fingerprint density at radius 3 is 2.55 bits per heavy atom. The molecule has 0 aliphatic rings. The molecule has 2 heterocycles. The molecule has 6 heteroatoms. The number of aromatic amines is 1. The second kappa shape index (κ2) is 4.06. The zero-order valence-corrected chi connectivity index (χ0v) is 10.5. The first-order valence-corrected chi connectivity index (χ1v) is 5.88. The van der Waals surface area contributed by atoms with Crippen LogP contribution in [0.4, 0.5) is 0 Å². The summed E-state index contributed by atoms with van der Waals surface area (Å²) in [6.45, 7) is 1.30. The summed E-state index contributed by atoms with van der Waals surface area (Å²) in [7, 11) is 0. The van der Waals surface area contributed by atoms with E-state index in [2.05, 4.69) is 9.97 Å². The SMILES string of the molecule is CC(=O)c1nc(C(=O)O)c(O)c2c1[nH]c1ccccc12. The lowest BCUT2D eigenvalue weighted by Gasteiger charge is -2.04. The molecule has 0 atom stereocenters. The third kappa shape index (κ3) is 1.55. The fourth-order valence-corrected chi connectivity index (χ4v) is 2.31. The summed E-state index contributed by atoms with van der Waals surface area (Å²) in [5.74, 6) is -2.18. The Labute approximate surface area is 112 Å². The highest BCUT2D eigenvalue weighted by Gasteiger charge is 2.23. The van der Waals surface area contributed by atoms with Gasteiger partial charge >= 0.3 is 5.97 Å². The second-order valence-electron chi connectivity index (χ2n) is 4.44. The number of aromatic carboxylic acids is 1. The number of pyridine rings is 1. The number of hydrogen-bond acceptors (Lipinski definition) is 4. The van der Waals surface area contributed by atoms with Gasteiger partial charge in [-0.15, -0.1) is 0 Å². The maximum Gasteiger partial charge on any atom is 0.358 e. The molecule has 0 aliphatic carbocycles.